The summed E-state index contributed by atoms with van der Waals surface area (Å²) in [5, 5.41) is 3.46. The van der Waals surface area contributed by atoms with Crippen molar-refractivity contribution in [2.24, 2.45) is 0 Å². The van der Waals surface area contributed by atoms with Gasteiger partial charge >= 0.3 is 5.97 Å². The van der Waals surface area contributed by atoms with E-state index < -0.39 is 17.8 Å². The van der Waals surface area contributed by atoms with E-state index in [0.29, 0.717) is 13.2 Å². The SMILES string of the molecule is CC(=O)OC1C(OCc2ccccc2)c2cc(NCc3ccccc3)ccc2OC1(C)C. The van der Waals surface area contributed by atoms with Crippen LogP contribution < -0.4 is 10.1 Å². The van der Waals surface area contributed by atoms with Crippen molar-refractivity contribution in [1.29, 1.82) is 0 Å². The highest BCUT2D eigenvalue weighted by Gasteiger charge is 2.47. The molecule has 0 fully saturated rings. The number of hydrogen-bond donors (Lipinski definition) is 1. The molecule has 1 aliphatic heterocycles. The van der Waals surface area contributed by atoms with E-state index in [1.54, 1.807) is 0 Å². The van der Waals surface area contributed by atoms with Crippen LogP contribution >= 0.6 is 0 Å². The van der Waals surface area contributed by atoms with Crippen LogP contribution in [0.2, 0.25) is 0 Å². The van der Waals surface area contributed by atoms with Crippen LogP contribution in [0.4, 0.5) is 5.69 Å². The zero-order valence-corrected chi connectivity index (χ0v) is 18.7. The number of benzene rings is 3. The van der Waals surface area contributed by atoms with Crippen LogP contribution in [-0.4, -0.2) is 17.7 Å². The molecule has 0 spiro atoms. The van der Waals surface area contributed by atoms with Crippen LogP contribution in [0.25, 0.3) is 0 Å². The summed E-state index contributed by atoms with van der Waals surface area (Å²) in [7, 11) is 0. The van der Waals surface area contributed by atoms with Crippen molar-refractivity contribution in [3.63, 3.8) is 0 Å². The first-order chi connectivity index (χ1) is 15.4. The number of ether oxygens (including phenoxy) is 3. The molecular formula is C27H29NO4. The van der Waals surface area contributed by atoms with Crippen LogP contribution in [0.3, 0.4) is 0 Å². The van der Waals surface area contributed by atoms with Crippen molar-refractivity contribution in [3.05, 3.63) is 95.6 Å². The summed E-state index contributed by atoms with van der Waals surface area (Å²) in [4.78, 5) is 11.9. The molecule has 32 heavy (non-hydrogen) atoms. The molecule has 166 valence electrons. The molecule has 5 nitrogen and oxygen atoms in total. The minimum absolute atomic E-state index is 0.359. The Morgan fingerprint density at radius 3 is 2.28 bits per heavy atom. The van der Waals surface area contributed by atoms with E-state index >= 15 is 0 Å². The molecular weight excluding hydrogens is 402 g/mol. The molecule has 2 atom stereocenters. The Balaban J connectivity index is 1.62. The van der Waals surface area contributed by atoms with E-state index in [-0.39, 0.29) is 5.97 Å². The lowest BCUT2D eigenvalue weighted by Crippen LogP contribution is -2.51. The normalized spacial score (nSPS) is 18.8. The third kappa shape index (κ3) is 5.11. The number of carbonyl (C=O) groups is 1. The molecule has 0 saturated carbocycles. The van der Waals surface area contributed by atoms with Crippen LogP contribution in [-0.2, 0) is 27.4 Å². The first-order valence-corrected chi connectivity index (χ1v) is 10.9. The molecule has 4 rings (SSSR count). The second-order valence-corrected chi connectivity index (χ2v) is 8.54. The van der Waals surface area contributed by atoms with Gasteiger partial charge in [-0.25, -0.2) is 0 Å². The first kappa shape index (κ1) is 21.9. The van der Waals surface area contributed by atoms with Gasteiger partial charge in [-0.1, -0.05) is 60.7 Å². The predicted octanol–water partition coefficient (Wildman–Crippen LogP) is 5.66. The maximum atomic E-state index is 11.9. The second kappa shape index (κ2) is 9.45. The quantitative estimate of drug-likeness (QED) is 0.489. The van der Waals surface area contributed by atoms with Gasteiger partial charge in [0.2, 0.25) is 0 Å². The minimum atomic E-state index is -0.737. The molecule has 0 saturated heterocycles. The molecule has 1 heterocycles. The largest absolute Gasteiger partial charge is 0.483 e. The average molecular weight is 432 g/mol. The smallest absolute Gasteiger partial charge is 0.303 e. The molecule has 1 aliphatic rings. The highest BCUT2D eigenvalue weighted by atomic mass is 16.6. The summed E-state index contributed by atoms with van der Waals surface area (Å²) < 4.78 is 18.3. The maximum Gasteiger partial charge on any atom is 0.303 e. The van der Waals surface area contributed by atoms with Crippen molar-refractivity contribution in [3.8, 4) is 5.75 Å². The fourth-order valence-electron chi connectivity index (χ4n) is 3.96. The molecule has 3 aromatic carbocycles. The Kier molecular flexibility index (Phi) is 6.47. The third-order valence-corrected chi connectivity index (χ3v) is 5.55. The van der Waals surface area contributed by atoms with E-state index in [1.807, 2.05) is 80.6 Å². The zero-order valence-electron chi connectivity index (χ0n) is 18.7. The number of anilines is 1. The Hall–Kier alpha value is -3.31. The van der Waals surface area contributed by atoms with Crippen molar-refractivity contribution >= 4 is 11.7 Å². The third-order valence-electron chi connectivity index (χ3n) is 5.55. The number of fused-ring (bicyclic) bond motifs is 1. The first-order valence-electron chi connectivity index (χ1n) is 10.9. The van der Waals surface area contributed by atoms with Gasteiger partial charge in [0, 0.05) is 24.7 Å². The van der Waals surface area contributed by atoms with Gasteiger partial charge in [-0.05, 0) is 43.2 Å². The summed E-state index contributed by atoms with van der Waals surface area (Å²) in [5.74, 6) is 0.378. The minimum Gasteiger partial charge on any atom is -0.483 e. The standard InChI is InChI=1S/C27H29NO4/c1-19(29)31-26-25(30-18-21-12-8-5-9-13-21)23-16-22(14-15-24(23)32-27(26,2)3)28-17-20-10-6-4-7-11-20/h4-16,25-26,28H,17-18H2,1-3H3. The van der Waals surface area contributed by atoms with Gasteiger partial charge in [-0.15, -0.1) is 0 Å². The van der Waals surface area contributed by atoms with E-state index in [2.05, 4.69) is 17.4 Å². The number of carbonyl (C=O) groups excluding carboxylic acids is 1. The van der Waals surface area contributed by atoms with Gasteiger partial charge in [0.05, 0.1) is 6.61 Å². The zero-order chi connectivity index (χ0) is 22.6. The number of esters is 1. The van der Waals surface area contributed by atoms with Crippen molar-refractivity contribution in [2.75, 3.05) is 5.32 Å². The van der Waals surface area contributed by atoms with Gasteiger partial charge in [0.15, 0.2) is 6.10 Å². The van der Waals surface area contributed by atoms with Gasteiger partial charge in [0.1, 0.15) is 17.5 Å². The molecule has 0 bridgehead atoms. The summed E-state index contributed by atoms with van der Waals surface area (Å²) in [5.41, 5.74) is 3.32. The van der Waals surface area contributed by atoms with Gasteiger partial charge in [-0.2, -0.15) is 0 Å². The Morgan fingerprint density at radius 1 is 0.969 bits per heavy atom. The van der Waals surface area contributed by atoms with Crippen LogP contribution in [0, 0.1) is 0 Å². The molecule has 0 aromatic heterocycles. The fraction of sp³-hybridized carbons (Fsp3) is 0.296. The van der Waals surface area contributed by atoms with Crippen LogP contribution in [0.15, 0.2) is 78.9 Å². The van der Waals surface area contributed by atoms with E-state index in [0.717, 1.165) is 22.6 Å². The number of hydrogen-bond acceptors (Lipinski definition) is 5. The monoisotopic (exact) mass is 431 g/mol. The van der Waals surface area contributed by atoms with Crippen LogP contribution in [0.5, 0.6) is 5.75 Å². The fourth-order valence-corrected chi connectivity index (χ4v) is 3.96. The lowest BCUT2D eigenvalue weighted by atomic mass is 9.87. The Bertz CT molecular complexity index is 1050. The Labute approximate surface area is 189 Å². The summed E-state index contributed by atoms with van der Waals surface area (Å²) in [6.07, 6.45) is -1.04. The topological polar surface area (TPSA) is 56.8 Å². The maximum absolute atomic E-state index is 11.9. The molecule has 5 heteroatoms. The van der Waals surface area contributed by atoms with Crippen molar-refractivity contribution in [1.82, 2.24) is 0 Å². The molecule has 1 N–H and O–H groups in total. The lowest BCUT2D eigenvalue weighted by molar-refractivity contribution is -0.183. The summed E-state index contributed by atoms with van der Waals surface area (Å²) >= 11 is 0. The Morgan fingerprint density at radius 2 is 1.62 bits per heavy atom. The second-order valence-electron chi connectivity index (χ2n) is 8.54. The molecule has 3 aromatic rings. The van der Waals surface area contributed by atoms with Crippen molar-refractivity contribution < 1.29 is 19.0 Å². The van der Waals surface area contributed by atoms with E-state index in [9.17, 15) is 4.79 Å². The van der Waals surface area contributed by atoms with Crippen LogP contribution in [0.1, 0.15) is 43.6 Å². The van der Waals surface area contributed by atoms with Crippen molar-refractivity contribution in [2.45, 2.75) is 51.7 Å². The summed E-state index contributed by atoms with van der Waals surface area (Å²) in [6, 6.07) is 26.2. The van der Waals surface area contributed by atoms with Gasteiger partial charge in [0.25, 0.3) is 0 Å². The van der Waals surface area contributed by atoms with Gasteiger partial charge < -0.3 is 19.5 Å². The number of rotatable bonds is 7. The average Bonchev–Trinajstić information content (AvgIpc) is 2.78. The van der Waals surface area contributed by atoms with E-state index in [1.165, 1.54) is 12.5 Å². The highest BCUT2D eigenvalue weighted by molar-refractivity contribution is 5.66. The molecule has 0 aliphatic carbocycles. The molecule has 2 unspecified atom stereocenters. The number of nitrogens with one attached hydrogen (secondary N) is 1. The van der Waals surface area contributed by atoms with E-state index in [4.69, 9.17) is 14.2 Å². The predicted molar refractivity (Wildman–Crippen MR) is 124 cm³/mol. The summed E-state index contributed by atoms with van der Waals surface area (Å²) in [6.45, 7) is 6.36. The highest BCUT2D eigenvalue weighted by Crippen LogP contribution is 2.44. The van der Waals surface area contributed by atoms with Gasteiger partial charge in [-0.3, -0.25) is 4.79 Å². The molecule has 0 amide bonds. The lowest BCUT2D eigenvalue weighted by Gasteiger charge is -2.43. The molecule has 0 radical (unpaired) electrons.